The maximum atomic E-state index is 13.6. The molecule has 4 heteroatoms. The topological polar surface area (TPSA) is 28.7 Å². The Balaban J connectivity index is 2.04. The second-order valence-corrected chi connectivity index (χ2v) is 4.55. The minimum atomic E-state index is -0.264. The summed E-state index contributed by atoms with van der Waals surface area (Å²) in [4.78, 5) is 8.44. The van der Waals surface area contributed by atoms with Crippen LogP contribution in [0, 0.1) is 5.82 Å². The minimum absolute atomic E-state index is 0.264. The molecule has 1 N–H and O–H groups in total. The molecule has 3 rings (SSSR count). The van der Waals surface area contributed by atoms with Crippen LogP contribution in [0.2, 0.25) is 0 Å². The average molecular weight is 244 g/mol. The van der Waals surface area contributed by atoms with Crippen molar-refractivity contribution >= 4 is 11.3 Å². The lowest BCUT2D eigenvalue weighted by Crippen LogP contribution is -1.85. The molecule has 84 valence electrons. The van der Waals surface area contributed by atoms with Crippen molar-refractivity contribution < 1.29 is 4.39 Å². The highest BCUT2D eigenvalue weighted by molar-refractivity contribution is 7.13. The zero-order valence-corrected chi connectivity index (χ0v) is 9.67. The van der Waals surface area contributed by atoms with E-state index in [-0.39, 0.29) is 5.82 Å². The molecule has 0 aliphatic rings. The van der Waals surface area contributed by atoms with E-state index in [9.17, 15) is 4.39 Å². The minimum Gasteiger partial charge on any atom is -0.337 e. The predicted octanol–water partition coefficient (Wildman–Crippen LogP) is 3.94. The fourth-order valence-electron chi connectivity index (χ4n) is 1.67. The van der Waals surface area contributed by atoms with Crippen LogP contribution >= 0.6 is 11.3 Å². The van der Waals surface area contributed by atoms with E-state index in [0.29, 0.717) is 11.4 Å². The fraction of sp³-hybridized carbons (Fsp3) is 0. The van der Waals surface area contributed by atoms with Gasteiger partial charge in [0.1, 0.15) is 11.6 Å². The molecule has 2 heterocycles. The van der Waals surface area contributed by atoms with Gasteiger partial charge in [0, 0.05) is 0 Å². The highest BCUT2D eigenvalue weighted by atomic mass is 32.1. The van der Waals surface area contributed by atoms with Crippen molar-refractivity contribution in [1.82, 2.24) is 9.97 Å². The van der Waals surface area contributed by atoms with Gasteiger partial charge in [0.15, 0.2) is 0 Å². The fourth-order valence-corrected chi connectivity index (χ4v) is 2.36. The number of hydrogen-bond acceptors (Lipinski definition) is 2. The second kappa shape index (κ2) is 4.14. The average Bonchev–Trinajstić information content (AvgIpc) is 3.00. The van der Waals surface area contributed by atoms with E-state index in [2.05, 4.69) is 9.97 Å². The molecule has 1 aromatic carbocycles. The number of benzene rings is 1. The standard InChI is InChI=1S/C13H9FN2S/c14-10-5-2-1-4-9(10)13-15-8-11(16-13)12-6-3-7-17-12/h1-8H,(H,15,16). The number of hydrogen-bond donors (Lipinski definition) is 1. The van der Waals surface area contributed by atoms with Gasteiger partial charge >= 0.3 is 0 Å². The molecule has 2 nitrogen and oxygen atoms in total. The molecule has 0 atom stereocenters. The van der Waals surface area contributed by atoms with Crippen molar-refractivity contribution in [2.45, 2.75) is 0 Å². The zero-order chi connectivity index (χ0) is 11.7. The highest BCUT2D eigenvalue weighted by Gasteiger charge is 2.09. The number of thiophene rings is 1. The molecule has 3 aromatic rings. The second-order valence-electron chi connectivity index (χ2n) is 3.60. The molecular formula is C13H9FN2S. The number of rotatable bonds is 2. The first-order valence-corrected chi connectivity index (χ1v) is 6.06. The van der Waals surface area contributed by atoms with Crippen LogP contribution in [0.1, 0.15) is 0 Å². The number of nitrogens with zero attached hydrogens (tertiary/aromatic N) is 1. The molecule has 0 bridgehead atoms. The van der Waals surface area contributed by atoms with Gasteiger partial charge in [-0.2, -0.15) is 0 Å². The summed E-state index contributed by atoms with van der Waals surface area (Å²) in [5.74, 6) is 0.297. The van der Waals surface area contributed by atoms with Gasteiger partial charge in [-0.25, -0.2) is 9.37 Å². The molecule has 0 aliphatic carbocycles. The van der Waals surface area contributed by atoms with E-state index in [4.69, 9.17) is 0 Å². The Morgan fingerprint density at radius 3 is 2.76 bits per heavy atom. The molecule has 0 amide bonds. The Kier molecular flexibility index (Phi) is 2.49. The Morgan fingerprint density at radius 1 is 1.12 bits per heavy atom. The van der Waals surface area contributed by atoms with Crippen molar-refractivity contribution in [3.05, 3.63) is 53.8 Å². The molecule has 0 aliphatic heterocycles. The summed E-state index contributed by atoms with van der Waals surface area (Å²) in [7, 11) is 0. The summed E-state index contributed by atoms with van der Waals surface area (Å²) >= 11 is 1.62. The van der Waals surface area contributed by atoms with Gasteiger partial charge in [-0.3, -0.25) is 0 Å². The smallest absolute Gasteiger partial charge is 0.140 e. The van der Waals surface area contributed by atoms with Gasteiger partial charge in [-0.1, -0.05) is 18.2 Å². The van der Waals surface area contributed by atoms with Crippen molar-refractivity contribution in [3.63, 3.8) is 0 Å². The maximum absolute atomic E-state index is 13.6. The van der Waals surface area contributed by atoms with Crippen LogP contribution in [0.4, 0.5) is 4.39 Å². The van der Waals surface area contributed by atoms with Crippen molar-refractivity contribution in [2.75, 3.05) is 0 Å². The molecule has 0 radical (unpaired) electrons. The van der Waals surface area contributed by atoms with Gasteiger partial charge in [-0.15, -0.1) is 11.3 Å². The molecular weight excluding hydrogens is 235 g/mol. The summed E-state index contributed by atoms with van der Waals surface area (Å²) in [6.45, 7) is 0. The van der Waals surface area contributed by atoms with E-state index in [1.807, 2.05) is 17.5 Å². The van der Waals surface area contributed by atoms with Crippen molar-refractivity contribution in [1.29, 1.82) is 0 Å². The van der Waals surface area contributed by atoms with E-state index < -0.39 is 0 Å². The van der Waals surface area contributed by atoms with Crippen LogP contribution in [-0.2, 0) is 0 Å². The molecule has 2 aromatic heterocycles. The third-order valence-electron chi connectivity index (χ3n) is 2.49. The first-order valence-electron chi connectivity index (χ1n) is 5.18. The summed E-state index contributed by atoms with van der Waals surface area (Å²) in [6.07, 6.45) is 1.73. The van der Waals surface area contributed by atoms with Crippen LogP contribution in [-0.4, -0.2) is 9.97 Å². The quantitative estimate of drug-likeness (QED) is 0.726. The van der Waals surface area contributed by atoms with Gasteiger partial charge in [0.25, 0.3) is 0 Å². The lowest BCUT2D eigenvalue weighted by Gasteiger charge is -1.97. The highest BCUT2D eigenvalue weighted by Crippen LogP contribution is 2.26. The van der Waals surface area contributed by atoms with E-state index in [0.717, 1.165) is 10.6 Å². The van der Waals surface area contributed by atoms with Crippen molar-refractivity contribution in [2.24, 2.45) is 0 Å². The Morgan fingerprint density at radius 2 is 2.00 bits per heavy atom. The summed E-state index contributed by atoms with van der Waals surface area (Å²) < 4.78 is 13.6. The molecule has 17 heavy (non-hydrogen) atoms. The first-order chi connectivity index (χ1) is 8.34. The number of imidazole rings is 1. The monoisotopic (exact) mass is 244 g/mol. The number of H-pyrrole nitrogens is 1. The third-order valence-corrected chi connectivity index (χ3v) is 3.39. The summed E-state index contributed by atoms with van der Waals surface area (Å²) in [5, 5.41) is 2.00. The molecule has 0 fully saturated rings. The van der Waals surface area contributed by atoms with Crippen LogP contribution in [0.15, 0.2) is 48.0 Å². The number of aromatic amines is 1. The zero-order valence-electron chi connectivity index (χ0n) is 8.85. The van der Waals surface area contributed by atoms with E-state index in [1.165, 1.54) is 6.07 Å². The van der Waals surface area contributed by atoms with Gasteiger partial charge < -0.3 is 4.98 Å². The predicted molar refractivity (Wildman–Crippen MR) is 67.3 cm³/mol. The first kappa shape index (κ1) is 10.2. The van der Waals surface area contributed by atoms with Gasteiger partial charge in [-0.05, 0) is 23.6 Å². The lowest BCUT2D eigenvalue weighted by atomic mass is 10.2. The lowest BCUT2D eigenvalue weighted by molar-refractivity contribution is 0.630. The number of nitrogens with one attached hydrogen (secondary N) is 1. The SMILES string of the molecule is Fc1ccccc1-c1ncc(-c2cccs2)[nH]1. The van der Waals surface area contributed by atoms with Gasteiger partial charge in [0.05, 0.1) is 22.3 Å². The van der Waals surface area contributed by atoms with Crippen LogP contribution in [0.25, 0.3) is 22.0 Å². The van der Waals surface area contributed by atoms with E-state index >= 15 is 0 Å². The molecule has 0 unspecified atom stereocenters. The Hall–Kier alpha value is -1.94. The summed E-state index contributed by atoms with van der Waals surface area (Å²) in [5.41, 5.74) is 1.41. The molecule has 0 saturated carbocycles. The van der Waals surface area contributed by atoms with Crippen molar-refractivity contribution in [3.8, 4) is 22.0 Å². The normalized spacial score (nSPS) is 10.6. The Bertz CT molecular complexity index is 628. The maximum Gasteiger partial charge on any atom is 0.140 e. The third kappa shape index (κ3) is 1.87. The summed E-state index contributed by atoms with van der Waals surface area (Å²) in [6, 6.07) is 10.6. The molecule has 0 spiro atoms. The Labute approximate surface area is 102 Å². The van der Waals surface area contributed by atoms with Gasteiger partial charge in [0.2, 0.25) is 0 Å². The van der Waals surface area contributed by atoms with E-state index in [1.54, 1.807) is 35.7 Å². The van der Waals surface area contributed by atoms with Crippen LogP contribution < -0.4 is 0 Å². The number of halogens is 1. The number of aromatic nitrogens is 2. The van der Waals surface area contributed by atoms with Crippen LogP contribution in [0.5, 0.6) is 0 Å². The largest absolute Gasteiger partial charge is 0.337 e. The molecule has 0 saturated heterocycles. The van der Waals surface area contributed by atoms with Crippen LogP contribution in [0.3, 0.4) is 0 Å².